The molecule has 0 heterocycles. The van der Waals surface area contributed by atoms with Gasteiger partial charge in [0.25, 0.3) is 0 Å². The van der Waals surface area contributed by atoms with Crippen LogP contribution in [0.25, 0.3) is 0 Å². The van der Waals surface area contributed by atoms with Gasteiger partial charge in [0.05, 0.1) is 6.26 Å². The summed E-state index contributed by atoms with van der Waals surface area (Å²) in [5, 5.41) is 0. The van der Waals surface area contributed by atoms with Gasteiger partial charge in [0.15, 0.2) is 0 Å². The van der Waals surface area contributed by atoms with Crippen LogP contribution in [-0.4, -0.2) is 39.3 Å². The van der Waals surface area contributed by atoms with E-state index < -0.39 is 7.82 Å². The summed E-state index contributed by atoms with van der Waals surface area (Å²) in [6, 6.07) is 0. The van der Waals surface area contributed by atoms with E-state index in [0.29, 0.717) is 0 Å². The molecule has 0 aliphatic rings. The second kappa shape index (κ2) is 5.47. The zero-order valence-corrected chi connectivity index (χ0v) is 5.21. The van der Waals surface area contributed by atoms with Gasteiger partial charge in [0, 0.05) is 0 Å². The molecule has 0 aromatic rings. The number of hydrogen-bond acceptors (Lipinski definition) is 2. The first kappa shape index (κ1) is 12.4. The summed E-state index contributed by atoms with van der Waals surface area (Å²) >= 11 is 0. The van der Waals surface area contributed by atoms with Crippen molar-refractivity contribution in [3.8, 4) is 0 Å². The molecule has 0 bridgehead atoms. The van der Waals surface area contributed by atoms with Crippen molar-refractivity contribution < 1.29 is 18.9 Å². The van der Waals surface area contributed by atoms with E-state index in [1.54, 1.807) is 6.92 Å². The fraction of sp³-hybridized carbons (Fsp3) is 0.333. The molecule has 0 aromatic heterocycles. The fourth-order valence-electron chi connectivity index (χ4n) is 0.140. The van der Waals surface area contributed by atoms with Gasteiger partial charge in [0.1, 0.15) is 0 Å². The minimum absolute atomic E-state index is 0. The molecule has 0 saturated heterocycles. The van der Waals surface area contributed by atoms with Crippen LogP contribution in [0.5, 0.6) is 0 Å². The van der Waals surface area contributed by atoms with Crippen LogP contribution in [0, 0.1) is 0 Å². The molecule has 6 heteroatoms. The Kier molecular flexibility index (Phi) is 7.52. The van der Waals surface area contributed by atoms with Crippen molar-refractivity contribution in [1.29, 1.82) is 0 Å². The fourth-order valence-corrected chi connectivity index (χ4v) is 0.420. The van der Waals surface area contributed by atoms with Gasteiger partial charge in [-0.1, -0.05) is 6.08 Å². The Balaban J connectivity index is 0. The molecule has 0 aliphatic heterocycles. The first-order valence-corrected chi connectivity index (χ1v) is 3.44. The molecule has 0 unspecified atom stereocenters. The zero-order valence-electron chi connectivity index (χ0n) is 4.31. The number of hydrogen-bond donors (Lipinski definition) is 2. The normalized spacial score (nSPS) is 11.0. The molecule has 0 saturated carbocycles. The number of rotatable bonds is 2. The van der Waals surface area contributed by atoms with Crippen molar-refractivity contribution in [2.75, 3.05) is 0 Å². The molecule has 50 valence electrons. The van der Waals surface area contributed by atoms with Crippen molar-refractivity contribution in [1.82, 2.24) is 0 Å². The van der Waals surface area contributed by atoms with Crippen LogP contribution >= 0.6 is 7.82 Å². The molecular weight excluding hydrogens is 154 g/mol. The Labute approximate surface area is 75.4 Å². The first-order chi connectivity index (χ1) is 3.56. The van der Waals surface area contributed by atoms with Crippen molar-refractivity contribution in [2.45, 2.75) is 6.92 Å². The van der Waals surface area contributed by atoms with Gasteiger partial charge in [-0.25, -0.2) is 4.57 Å². The Hall–Kier alpha value is 0.690. The zero-order chi connectivity index (χ0) is 6.62. The van der Waals surface area contributed by atoms with Crippen molar-refractivity contribution in [3.05, 3.63) is 12.3 Å². The van der Waals surface area contributed by atoms with Crippen LogP contribution in [-0.2, 0) is 9.09 Å². The molecule has 0 fully saturated rings. The van der Waals surface area contributed by atoms with E-state index in [9.17, 15) is 4.57 Å². The third-order valence-corrected chi connectivity index (χ3v) is 0.731. The topological polar surface area (TPSA) is 66.8 Å². The van der Waals surface area contributed by atoms with E-state index >= 15 is 0 Å². The number of allylic oxidation sites excluding steroid dienone is 1. The van der Waals surface area contributed by atoms with E-state index in [1.807, 2.05) is 0 Å². The van der Waals surface area contributed by atoms with E-state index in [1.165, 1.54) is 6.08 Å². The molecule has 9 heavy (non-hydrogen) atoms. The Morgan fingerprint density at radius 2 is 2.00 bits per heavy atom. The summed E-state index contributed by atoms with van der Waals surface area (Å²) in [7, 11) is -4.27. The Morgan fingerprint density at radius 3 is 2.11 bits per heavy atom. The molecule has 0 amide bonds. The summed E-state index contributed by atoms with van der Waals surface area (Å²) in [4.78, 5) is 16.0. The molecule has 0 radical (unpaired) electrons. The molecule has 0 rings (SSSR count). The number of phosphoric ester groups is 1. The molecule has 0 atom stereocenters. The van der Waals surface area contributed by atoms with E-state index in [4.69, 9.17) is 9.79 Å². The SMILES string of the molecule is CC=COP(=O)(O)O.[NaH]. The summed E-state index contributed by atoms with van der Waals surface area (Å²) < 4.78 is 13.7. The van der Waals surface area contributed by atoms with E-state index in [2.05, 4.69) is 4.52 Å². The number of phosphoric acid groups is 1. The van der Waals surface area contributed by atoms with Crippen LogP contribution in [0.4, 0.5) is 0 Å². The maximum atomic E-state index is 9.81. The summed E-state index contributed by atoms with van der Waals surface area (Å²) in [6.45, 7) is 1.59. The van der Waals surface area contributed by atoms with Crippen LogP contribution < -0.4 is 0 Å². The Bertz CT molecular complexity index is 128. The van der Waals surface area contributed by atoms with E-state index in [-0.39, 0.29) is 29.6 Å². The van der Waals surface area contributed by atoms with Gasteiger partial charge >= 0.3 is 37.4 Å². The van der Waals surface area contributed by atoms with Gasteiger partial charge in [0.2, 0.25) is 0 Å². The average Bonchev–Trinajstić information content (AvgIpc) is 1.59. The average molecular weight is 162 g/mol. The van der Waals surface area contributed by atoms with Gasteiger partial charge < -0.3 is 4.52 Å². The standard InChI is InChI=1S/C3H7O4P.Na.H/c1-2-3-7-8(4,5)6;;/h2-3H,1H3,(H2,4,5,6);;. The van der Waals surface area contributed by atoms with Crippen LogP contribution in [0.15, 0.2) is 12.3 Å². The molecule has 0 spiro atoms. The monoisotopic (exact) mass is 162 g/mol. The summed E-state index contributed by atoms with van der Waals surface area (Å²) in [6.07, 6.45) is 2.33. The predicted octanol–water partition coefficient (Wildman–Crippen LogP) is -0.0192. The maximum absolute atomic E-state index is 9.81. The summed E-state index contributed by atoms with van der Waals surface area (Å²) in [5.41, 5.74) is 0. The summed E-state index contributed by atoms with van der Waals surface area (Å²) in [5.74, 6) is 0. The molecule has 2 N–H and O–H groups in total. The van der Waals surface area contributed by atoms with Gasteiger partial charge in [-0.3, -0.25) is 9.79 Å². The molecular formula is C3H8NaO4P. The van der Waals surface area contributed by atoms with Crippen molar-refractivity contribution in [3.63, 3.8) is 0 Å². The van der Waals surface area contributed by atoms with Gasteiger partial charge in [-0.2, -0.15) is 0 Å². The molecule has 0 aliphatic carbocycles. The van der Waals surface area contributed by atoms with Crippen LogP contribution in [0.3, 0.4) is 0 Å². The predicted molar refractivity (Wildman–Crippen MR) is 35.1 cm³/mol. The van der Waals surface area contributed by atoms with Gasteiger partial charge in [-0.05, 0) is 6.92 Å². The quantitative estimate of drug-likeness (QED) is 0.340. The van der Waals surface area contributed by atoms with Gasteiger partial charge in [-0.15, -0.1) is 0 Å². The molecule has 4 nitrogen and oxygen atoms in total. The third-order valence-electron chi connectivity index (χ3n) is 0.334. The van der Waals surface area contributed by atoms with Crippen molar-refractivity contribution >= 4 is 37.4 Å². The van der Waals surface area contributed by atoms with Crippen molar-refractivity contribution in [2.24, 2.45) is 0 Å². The van der Waals surface area contributed by atoms with E-state index in [0.717, 1.165) is 6.26 Å². The third kappa shape index (κ3) is 12.0. The molecule has 0 aromatic carbocycles. The second-order valence-electron chi connectivity index (χ2n) is 1.07. The van der Waals surface area contributed by atoms with Crippen LogP contribution in [0.2, 0.25) is 0 Å². The second-order valence-corrected chi connectivity index (χ2v) is 2.26. The minimum atomic E-state index is -4.27. The Morgan fingerprint density at radius 1 is 1.56 bits per heavy atom. The first-order valence-electron chi connectivity index (χ1n) is 1.91. The van der Waals surface area contributed by atoms with Crippen LogP contribution in [0.1, 0.15) is 6.92 Å².